The fourth-order valence-corrected chi connectivity index (χ4v) is 1.49. The van der Waals surface area contributed by atoms with E-state index in [0.29, 0.717) is 13.2 Å². The summed E-state index contributed by atoms with van der Waals surface area (Å²) in [6.45, 7) is 3.89. The van der Waals surface area contributed by atoms with Crippen LogP contribution in [0, 0.1) is 0 Å². The third-order valence-electron chi connectivity index (χ3n) is 2.36. The topological polar surface area (TPSA) is 90.9 Å². The quantitative estimate of drug-likeness (QED) is 0.493. The first kappa shape index (κ1) is 17.7. The zero-order chi connectivity index (χ0) is 14.7. The van der Waals surface area contributed by atoms with Gasteiger partial charge in [0.05, 0.1) is 12.5 Å². The minimum absolute atomic E-state index is 0.116. The molecule has 1 unspecified atom stereocenters. The van der Waals surface area contributed by atoms with E-state index in [-0.39, 0.29) is 19.0 Å². The van der Waals surface area contributed by atoms with E-state index in [9.17, 15) is 9.59 Å². The van der Waals surface area contributed by atoms with Crippen molar-refractivity contribution < 1.29 is 19.4 Å². The summed E-state index contributed by atoms with van der Waals surface area (Å²) in [5.74, 6) is -0.938. The van der Waals surface area contributed by atoms with Crippen molar-refractivity contribution in [3.8, 4) is 0 Å². The fourth-order valence-electron chi connectivity index (χ4n) is 1.49. The molecule has 7 heteroatoms. The van der Waals surface area contributed by atoms with Gasteiger partial charge in [0.15, 0.2) is 0 Å². The number of carbonyl (C=O) groups excluding carboxylic acids is 1. The highest BCUT2D eigenvalue weighted by molar-refractivity contribution is 5.74. The van der Waals surface area contributed by atoms with Gasteiger partial charge in [-0.1, -0.05) is 0 Å². The monoisotopic (exact) mass is 275 g/mol. The second kappa shape index (κ2) is 10.6. The zero-order valence-corrected chi connectivity index (χ0v) is 11.9. The Hall–Kier alpha value is -1.34. The van der Waals surface area contributed by atoms with E-state index in [1.54, 1.807) is 6.92 Å². The summed E-state index contributed by atoms with van der Waals surface area (Å²) >= 11 is 0. The summed E-state index contributed by atoms with van der Waals surface area (Å²) in [4.78, 5) is 24.1. The van der Waals surface area contributed by atoms with Gasteiger partial charge in [-0.3, -0.25) is 4.79 Å². The summed E-state index contributed by atoms with van der Waals surface area (Å²) < 4.78 is 5.23. The number of nitrogens with zero attached hydrogens (tertiary/aromatic N) is 1. The van der Waals surface area contributed by atoms with Gasteiger partial charge in [0.1, 0.15) is 0 Å². The highest BCUT2D eigenvalue weighted by Gasteiger charge is 2.14. The Balaban J connectivity index is 3.75. The number of rotatable bonds is 10. The van der Waals surface area contributed by atoms with Crippen molar-refractivity contribution in [3.63, 3.8) is 0 Å². The molecule has 1 atom stereocenters. The largest absolute Gasteiger partial charge is 0.481 e. The highest BCUT2D eigenvalue weighted by Crippen LogP contribution is 1.97. The number of aliphatic carboxylic acids is 1. The third kappa shape index (κ3) is 11.5. The second-order valence-corrected chi connectivity index (χ2v) is 4.47. The molecule has 7 nitrogen and oxygen atoms in total. The van der Waals surface area contributed by atoms with E-state index >= 15 is 0 Å². The lowest BCUT2D eigenvalue weighted by Crippen LogP contribution is -2.41. The SMILES string of the molecule is CCOC(CNC(=O)NCCCN(C)C)CC(=O)O. The summed E-state index contributed by atoms with van der Waals surface area (Å²) in [6, 6.07) is -0.297. The summed E-state index contributed by atoms with van der Waals surface area (Å²) in [5, 5.41) is 14.0. The average Bonchev–Trinajstić information content (AvgIpc) is 2.31. The summed E-state index contributed by atoms with van der Waals surface area (Å²) in [5.41, 5.74) is 0. The van der Waals surface area contributed by atoms with Gasteiger partial charge in [0, 0.05) is 19.7 Å². The van der Waals surface area contributed by atoms with Crippen LogP contribution in [0.25, 0.3) is 0 Å². The van der Waals surface area contributed by atoms with E-state index in [1.807, 2.05) is 19.0 Å². The van der Waals surface area contributed by atoms with Gasteiger partial charge in [0.2, 0.25) is 0 Å². The van der Waals surface area contributed by atoms with Crippen LogP contribution in [0.1, 0.15) is 19.8 Å². The molecule has 0 aliphatic carbocycles. The minimum atomic E-state index is -0.938. The lowest BCUT2D eigenvalue weighted by atomic mass is 10.2. The number of carbonyl (C=O) groups is 2. The molecule has 0 aliphatic heterocycles. The third-order valence-corrected chi connectivity index (χ3v) is 2.36. The molecule has 0 saturated heterocycles. The lowest BCUT2D eigenvalue weighted by Gasteiger charge is -2.16. The number of amides is 2. The van der Waals surface area contributed by atoms with Crippen molar-refractivity contribution in [2.24, 2.45) is 0 Å². The molecule has 0 spiro atoms. The first-order chi connectivity index (χ1) is 8.95. The van der Waals surface area contributed by atoms with E-state index < -0.39 is 12.1 Å². The molecule has 2 amide bonds. The number of hydrogen-bond acceptors (Lipinski definition) is 4. The molecular weight excluding hydrogens is 250 g/mol. The first-order valence-electron chi connectivity index (χ1n) is 6.45. The molecule has 3 N–H and O–H groups in total. The van der Waals surface area contributed by atoms with Crippen molar-refractivity contribution in [2.45, 2.75) is 25.9 Å². The van der Waals surface area contributed by atoms with Crippen LogP contribution in [0.4, 0.5) is 4.79 Å². The van der Waals surface area contributed by atoms with Gasteiger partial charge in [-0.05, 0) is 34.0 Å². The summed E-state index contributed by atoms with van der Waals surface area (Å²) in [7, 11) is 3.94. The molecule has 0 aliphatic rings. The predicted octanol–water partition coefficient (Wildman–Crippen LogP) is 0.117. The molecule has 0 radical (unpaired) electrons. The summed E-state index contributed by atoms with van der Waals surface area (Å²) in [6.07, 6.45) is 0.258. The van der Waals surface area contributed by atoms with Crippen LogP contribution >= 0.6 is 0 Å². The first-order valence-corrected chi connectivity index (χ1v) is 6.45. The van der Waals surface area contributed by atoms with Gasteiger partial charge in [-0.25, -0.2) is 4.79 Å². The van der Waals surface area contributed by atoms with Crippen LogP contribution in [0.5, 0.6) is 0 Å². The maximum atomic E-state index is 11.4. The minimum Gasteiger partial charge on any atom is -0.481 e. The Morgan fingerprint density at radius 1 is 1.32 bits per heavy atom. The number of carboxylic acid groups (broad SMARTS) is 1. The Morgan fingerprint density at radius 2 is 2.00 bits per heavy atom. The van der Waals surface area contributed by atoms with Crippen LogP contribution in [0.15, 0.2) is 0 Å². The number of nitrogens with one attached hydrogen (secondary N) is 2. The Bertz CT molecular complexity index is 272. The Kier molecular flexibility index (Phi) is 9.82. The number of hydrogen-bond donors (Lipinski definition) is 3. The maximum Gasteiger partial charge on any atom is 0.314 e. The zero-order valence-electron chi connectivity index (χ0n) is 11.9. The number of urea groups is 1. The van der Waals surface area contributed by atoms with Gasteiger partial charge >= 0.3 is 12.0 Å². The number of ether oxygens (including phenoxy) is 1. The standard InChI is InChI=1S/C12H25N3O4/c1-4-19-10(8-11(16)17)9-14-12(18)13-6-5-7-15(2)3/h10H,4-9H2,1-3H3,(H,16,17)(H2,13,14,18). The van der Waals surface area contributed by atoms with E-state index in [4.69, 9.17) is 9.84 Å². The van der Waals surface area contributed by atoms with Crippen LogP contribution in [-0.2, 0) is 9.53 Å². The molecule has 0 bridgehead atoms. The van der Waals surface area contributed by atoms with Crippen LogP contribution in [-0.4, -0.2) is 68.4 Å². The Labute approximate surface area is 114 Å². The van der Waals surface area contributed by atoms with Crippen molar-refractivity contribution >= 4 is 12.0 Å². The number of carboxylic acids is 1. The molecule has 0 saturated carbocycles. The molecule has 112 valence electrons. The van der Waals surface area contributed by atoms with Crippen molar-refractivity contribution in [2.75, 3.05) is 40.3 Å². The maximum absolute atomic E-state index is 11.4. The smallest absolute Gasteiger partial charge is 0.314 e. The molecule has 0 aromatic heterocycles. The average molecular weight is 275 g/mol. The lowest BCUT2D eigenvalue weighted by molar-refractivity contribution is -0.140. The van der Waals surface area contributed by atoms with Crippen LogP contribution in [0.3, 0.4) is 0 Å². The fraction of sp³-hybridized carbons (Fsp3) is 0.833. The van der Waals surface area contributed by atoms with Crippen molar-refractivity contribution in [1.82, 2.24) is 15.5 Å². The molecule has 19 heavy (non-hydrogen) atoms. The second-order valence-electron chi connectivity index (χ2n) is 4.47. The van der Waals surface area contributed by atoms with Gasteiger partial charge in [0.25, 0.3) is 0 Å². The van der Waals surface area contributed by atoms with Gasteiger partial charge < -0.3 is 25.4 Å². The molecule has 0 aromatic rings. The van der Waals surface area contributed by atoms with Crippen LogP contribution < -0.4 is 10.6 Å². The van der Waals surface area contributed by atoms with Crippen molar-refractivity contribution in [3.05, 3.63) is 0 Å². The molecular formula is C12H25N3O4. The van der Waals surface area contributed by atoms with Gasteiger partial charge in [-0.2, -0.15) is 0 Å². The highest BCUT2D eigenvalue weighted by atomic mass is 16.5. The molecule has 0 heterocycles. The van der Waals surface area contributed by atoms with Crippen LogP contribution in [0.2, 0.25) is 0 Å². The van der Waals surface area contributed by atoms with E-state index in [2.05, 4.69) is 10.6 Å². The Morgan fingerprint density at radius 3 is 2.53 bits per heavy atom. The molecule has 0 rings (SSSR count). The van der Waals surface area contributed by atoms with E-state index in [1.165, 1.54) is 0 Å². The normalized spacial score (nSPS) is 12.2. The molecule has 0 fully saturated rings. The van der Waals surface area contributed by atoms with Gasteiger partial charge in [-0.15, -0.1) is 0 Å². The molecule has 0 aromatic carbocycles. The van der Waals surface area contributed by atoms with E-state index in [0.717, 1.165) is 13.0 Å². The predicted molar refractivity (Wildman–Crippen MR) is 72.2 cm³/mol. The van der Waals surface area contributed by atoms with Crippen molar-refractivity contribution in [1.29, 1.82) is 0 Å².